The third kappa shape index (κ3) is 2.95. The highest BCUT2D eigenvalue weighted by molar-refractivity contribution is 7.91. The molecule has 0 spiro atoms. The molecular formula is C20H20F2N2O2S. The van der Waals surface area contributed by atoms with Crippen LogP contribution in [0.15, 0.2) is 46.2 Å². The van der Waals surface area contributed by atoms with Crippen LogP contribution in [-0.2, 0) is 23.3 Å². The average Bonchev–Trinajstić information content (AvgIpc) is 2.75. The predicted octanol–water partition coefficient (Wildman–Crippen LogP) is 3.54. The van der Waals surface area contributed by atoms with Crippen LogP contribution in [-0.4, -0.2) is 26.1 Å². The van der Waals surface area contributed by atoms with Crippen LogP contribution in [0.5, 0.6) is 0 Å². The second kappa shape index (κ2) is 6.42. The van der Waals surface area contributed by atoms with Gasteiger partial charge in [0.1, 0.15) is 11.6 Å². The van der Waals surface area contributed by atoms with Crippen molar-refractivity contribution < 1.29 is 17.2 Å². The Balaban J connectivity index is 1.92. The van der Waals surface area contributed by atoms with Crippen molar-refractivity contribution >= 4 is 20.7 Å². The number of halogens is 2. The van der Waals surface area contributed by atoms with E-state index in [1.54, 1.807) is 12.1 Å². The van der Waals surface area contributed by atoms with Crippen LogP contribution in [0.4, 0.5) is 8.78 Å². The molecule has 0 radical (unpaired) electrons. The van der Waals surface area contributed by atoms with Crippen LogP contribution in [0.25, 0.3) is 10.9 Å². The Labute approximate surface area is 156 Å². The summed E-state index contributed by atoms with van der Waals surface area (Å²) in [4.78, 5) is -0.338. The maximum absolute atomic E-state index is 13.5. The van der Waals surface area contributed by atoms with Crippen molar-refractivity contribution in [2.45, 2.75) is 29.1 Å². The van der Waals surface area contributed by atoms with Crippen molar-refractivity contribution in [1.29, 1.82) is 0 Å². The van der Waals surface area contributed by atoms with E-state index in [0.29, 0.717) is 12.0 Å². The molecule has 7 heteroatoms. The number of benzene rings is 2. The minimum atomic E-state index is -4.02. The molecule has 142 valence electrons. The van der Waals surface area contributed by atoms with Crippen LogP contribution in [0.2, 0.25) is 0 Å². The molecule has 0 amide bonds. The Morgan fingerprint density at radius 3 is 2.48 bits per heavy atom. The van der Waals surface area contributed by atoms with E-state index in [0.717, 1.165) is 48.1 Å². The summed E-state index contributed by atoms with van der Waals surface area (Å²) in [6, 6.07) is 7.26. The molecule has 0 aliphatic carbocycles. The van der Waals surface area contributed by atoms with Crippen molar-refractivity contribution in [2.24, 2.45) is 7.05 Å². The third-order valence-electron chi connectivity index (χ3n) is 5.25. The standard InChI is InChI=1S/C20H20F2N2O2S/c1-12-11-23-6-5-17-18-10-15(3-4-19(18)24(2)20(12)17)27(25,26)16-8-13(21)7-14(22)9-16/h3-4,7-10,12,23H,5-6,11H2,1-2H3. The molecule has 27 heavy (non-hydrogen) atoms. The van der Waals surface area contributed by atoms with E-state index in [4.69, 9.17) is 0 Å². The maximum Gasteiger partial charge on any atom is 0.206 e. The number of hydrogen-bond acceptors (Lipinski definition) is 3. The highest BCUT2D eigenvalue weighted by Gasteiger charge is 2.25. The van der Waals surface area contributed by atoms with Crippen LogP contribution in [0.3, 0.4) is 0 Å². The van der Waals surface area contributed by atoms with Gasteiger partial charge >= 0.3 is 0 Å². The highest BCUT2D eigenvalue weighted by atomic mass is 32.2. The first-order valence-corrected chi connectivity index (χ1v) is 10.3. The van der Waals surface area contributed by atoms with E-state index in [-0.39, 0.29) is 9.79 Å². The van der Waals surface area contributed by atoms with Crippen molar-refractivity contribution in [3.8, 4) is 0 Å². The van der Waals surface area contributed by atoms with Gasteiger partial charge in [0.25, 0.3) is 0 Å². The molecule has 2 heterocycles. The van der Waals surface area contributed by atoms with Gasteiger partial charge < -0.3 is 9.88 Å². The Bertz CT molecular complexity index is 1130. The molecule has 1 N–H and O–H groups in total. The number of rotatable bonds is 2. The molecule has 1 unspecified atom stereocenters. The van der Waals surface area contributed by atoms with Crippen LogP contribution < -0.4 is 5.32 Å². The van der Waals surface area contributed by atoms with Gasteiger partial charge in [-0.2, -0.15) is 0 Å². The Morgan fingerprint density at radius 2 is 1.78 bits per heavy atom. The number of aryl methyl sites for hydroxylation is 1. The van der Waals surface area contributed by atoms with Gasteiger partial charge in [-0.05, 0) is 48.9 Å². The summed E-state index contributed by atoms with van der Waals surface area (Å²) in [7, 11) is -2.04. The number of sulfone groups is 1. The molecule has 1 aliphatic rings. The molecule has 0 saturated heterocycles. The van der Waals surface area contributed by atoms with Crippen molar-refractivity contribution in [1.82, 2.24) is 9.88 Å². The van der Waals surface area contributed by atoms with Crippen molar-refractivity contribution in [2.75, 3.05) is 13.1 Å². The lowest BCUT2D eigenvalue weighted by Gasteiger charge is -2.12. The van der Waals surface area contributed by atoms with Crippen LogP contribution >= 0.6 is 0 Å². The molecule has 0 bridgehead atoms. The fourth-order valence-corrected chi connectivity index (χ4v) is 5.35. The van der Waals surface area contributed by atoms with Gasteiger partial charge in [0.05, 0.1) is 9.79 Å². The molecule has 4 nitrogen and oxygen atoms in total. The minimum Gasteiger partial charge on any atom is -0.347 e. The van der Waals surface area contributed by atoms with E-state index < -0.39 is 21.5 Å². The highest BCUT2D eigenvalue weighted by Crippen LogP contribution is 2.34. The van der Waals surface area contributed by atoms with E-state index in [1.807, 2.05) is 7.05 Å². The summed E-state index contributed by atoms with van der Waals surface area (Å²) in [5.74, 6) is -1.52. The van der Waals surface area contributed by atoms with E-state index in [2.05, 4.69) is 16.8 Å². The largest absolute Gasteiger partial charge is 0.347 e. The quantitative estimate of drug-likeness (QED) is 0.728. The lowest BCUT2D eigenvalue weighted by Crippen LogP contribution is -2.19. The Morgan fingerprint density at radius 1 is 1.07 bits per heavy atom. The lowest BCUT2D eigenvalue weighted by atomic mass is 10.0. The summed E-state index contributed by atoms with van der Waals surface area (Å²) in [6.07, 6.45) is 0.801. The summed E-state index contributed by atoms with van der Waals surface area (Å²) in [5, 5.41) is 4.27. The van der Waals surface area contributed by atoms with Crippen molar-refractivity contribution in [3.05, 3.63) is 59.3 Å². The van der Waals surface area contributed by atoms with Crippen molar-refractivity contribution in [3.63, 3.8) is 0 Å². The molecule has 3 aromatic rings. The van der Waals surface area contributed by atoms with Gasteiger partial charge in [0.15, 0.2) is 0 Å². The normalized spacial score (nSPS) is 17.7. The predicted molar refractivity (Wildman–Crippen MR) is 99.7 cm³/mol. The summed E-state index contributed by atoms with van der Waals surface area (Å²) in [6.45, 7) is 3.83. The number of fused-ring (bicyclic) bond motifs is 3. The van der Waals surface area contributed by atoms with Gasteiger partial charge in [-0.3, -0.25) is 0 Å². The monoisotopic (exact) mass is 390 g/mol. The smallest absolute Gasteiger partial charge is 0.206 e. The summed E-state index contributed by atoms with van der Waals surface area (Å²) < 4.78 is 55.0. The molecule has 2 aromatic carbocycles. The first-order chi connectivity index (χ1) is 12.8. The minimum absolute atomic E-state index is 0.0401. The lowest BCUT2D eigenvalue weighted by molar-refractivity contribution is 0.567. The number of nitrogens with one attached hydrogen (secondary N) is 1. The number of nitrogens with zero attached hydrogens (tertiary/aromatic N) is 1. The zero-order chi connectivity index (χ0) is 19.3. The molecule has 1 aliphatic heterocycles. The fourth-order valence-electron chi connectivity index (χ4n) is 4.03. The average molecular weight is 390 g/mol. The van der Waals surface area contributed by atoms with Gasteiger partial charge in [-0.15, -0.1) is 0 Å². The van der Waals surface area contributed by atoms with E-state index >= 15 is 0 Å². The van der Waals surface area contributed by atoms with Crippen LogP contribution in [0, 0.1) is 11.6 Å². The topological polar surface area (TPSA) is 51.1 Å². The molecule has 0 fully saturated rings. The molecule has 1 atom stereocenters. The first kappa shape index (κ1) is 18.1. The Kier molecular flexibility index (Phi) is 4.31. The molecule has 0 saturated carbocycles. The molecule has 1 aromatic heterocycles. The third-order valence-corrected chi connectivity index (χ3v) is 6.98. The second-order valence-corrected chi connectivity index (χ2v) is 9.02. The summed E-state index contributed by atoms with van der Waals surface area (Å²) >= 11 is 0. The first-order valence-electron chi connectivity index (χ1n) is 8.82. The van der Waals surface area contributed by atoms with Gasteiger partial charge in [-0.1, -0.05) is 6.92 Å². The molecule has 4 rings (SSSR count). The van der Waals surface area contributed by atoms with Gasteiger partial charge in [-0.25, -0.2) is 17.2 Å². The number of hydrogen-bond donors (Lipinski definition) is 1. The SMILES string of the molecule is CC1CNCCc2c1n(C)c1ccc(S(=O)(=O)c3cc(F)cc(F)c3)cc21. The number of aromatic nitrogens is 1. The van der Waals surface area contributed by atoms with Crippen LogP contribution in [0.1, 0.15) is 24.1 Å². The van der Waals surface area contributed by atoms with Gasteiger partial charge in [0, 0.05) is 42.2 Å². The van der Waals surface area contributed by atoms with E-state index in [9.17, 15) is 17.2 Å². The molecular weight excluding hydrogens is 370 g/mol. The van der Waals surface area contributed by atoms with E-state index in [1.165, 1.54) is 11.8 Å². The maximum atomic E-state index is 13.5. The second-order valence-electron chi connectivity index (χ2n) is 7.07. The summed E-state index contributed by atoms with van der Waals surface area (Å²) in [5.41, 5.74) is 3.28. The Hall–Kier alpha value is -2.25. The zero-order valence-electron chi connectivity index (χ0n) is 15.1. The zero-order valence-corrected chi connectivity index (χ0v) is 15.9. The van der Waals surface area contributed by atoms with Gasteiger partial charge in [0.2, 0.25) is 9.84 Å². The fraction of sp³-hybridized carbons (Fsp3) is 0.300.